The minimum Gasteiger partial charge on any atom is -0.497 e. The van der Waals surface area contributed by atoms with Crippen LogP contribution in [0.3, 0.4) is 0 Å². The number of ether oxygens (including phenoxy) is 3. The number of amides is 3. The molecule has 4 aromatic carbocycles. The first-order valence-electron chi connectivity index (χ1n) is 14.2. The lowest BCUT2D eigenvalue weighted by Crippen LogP contribution is -2.30. The summed E-state index contributed by atoms with van der Waals surface area (Å²) in [6.07, 6.45) is 1.53. The van der Waals surface area contributed by atoms with E-state index >= 15 is 0 Å². The second-order valence-electron chi connectivity index (χ2n) is 9.67. The fourth-order valence-corrected chi connectivity index (χ4v) is 5.12. The third-order valence-electron chi connectivity index (χ3n) is 6.47. The molecule has 0 aliphatic heterocycles. The van der Waals surface area contributed by atoms with Gasteiger partial charge in [-0.1, -0.05) is 24.3 Å². The molecule has 0 heterocycles. The second-order valence-corrected chi connectivity index (χ2v) is 11.1. The maximum atomic E-state index is 13.6. The third-order valence-corrected chi connectivity index (χ3v) is 7.57. The Balaban J connectivity index is 1.50. The summed E-state index contributed by atoms with van der Waals surface area (Å²) in [7, 11) is 3.06. The fourth-order valence-electron chi connectivity index (χ4n) is 4.20. The Labute approximate surface area is 267 Å². The van der Waals surface area contributed by atoms with Gasteiger partial charge in [-0.2, -0.15) is 0 Å². The van der Waals surface area contributed by atoms with Gasteiger partial charge in [0.25, 0.3) is 11.8 Å². The Kier molecular flexibility index (Phi) is 11.6. The minimum absolute atomic E-state index is 0.00318. The maximum Gasteiger partial charge on any atom is 0.272 e. The van der Waals surface area contributed by atoms with Crippen molar-refractivity contribution in [1.82, 2.24) is 5.32 Å². The summed E-state index contributed by atoms with van der Waals surface area (Å²) in [5, 5.41) is 8.08. The molecular formula is C35H35N3O6S. The van der Waals surface area contributed by atoms with Gasteiger partial charge in [0.05, 0.1) is 26.1 Å². The van der Waals surface area contributed by atoms with Crippen molar-refractivity contribution in [2.75, 3.05) is 31.5 Å². The molecule has 0 fully saturated rings. The van der Waals surface area contributed by atoms with Crippen LogP contribution in [0.1, 0.15) is 29.8 Å². The number of hydrogen-bond donors (Lipinski definition) is 3. The Morgan fingerprint density at radius 1 is 0.800 bits per heavy atom. The normalized spacial score (nSPS) is 11.6. The van der Waals surface area contributed by atoms with Gasteiger partial charge in [-0.05, 0) is 92.7 Å². The Morgan fingerprint density at radius 3 is 2.22 bits per heavy atom. The van der Waals surface area contributed by atoms with Crippen LogP contribution in [0.2, 0.25) is 0 Å². The zero-order valence-electron chi connectivity index (χ0n) is 25.5. The fraction of sp³-hybridized carbons (Fsp3) is 0.171. The highest BCUT2D eigenvalue weighted by Gasteiger charge is 2.18. The first kappa shape index (κ1) is 32.7. The molecule has 0 saturated heterocycles. The average molecular weight is 626 g/mol. The van der Waals surface area contributed by atoms with Gasteiger partial charge in [0, 0.05) is 27.4 Å². The Bertz CT molecular complexity index is 1660. The summed E-state index contributed by atoms with van der Waals surface area (Å²) >= 11 is 1.35. The van der Waals surface area contributed by atoms with E-state index in [2.05, 4.69) is 16.0 Å². The number of carbonyl (C=O) groups is 3. The summed E-state index contributed by atoms with van der Waals surface area (Å²) in [5.41, 5.74) is 2.08. The van der Waals surface area contributed by atoms with E-state index in [1.165, 1.54) is 32.1 Å². The number of carbonyl (C=O) groups excluding carboxylic acids is 3. The third kappa shape index (κ3) is 9.38. The second kappa shape index (κ2) is 16.0. The van der Waals surface area contributed by atoms with Gasteiger partial charge in [0.15, 0.2) is 0 Å². The van der Waals surface area contributed by atoms with Crippen molar-refractivity contribution in [2.24, 2.45) is 0 Å². The first-order valence-corrected chi connectivity index (χ1v) is 15.1. The molecule has 1 atom stereocenters. The maximum absolute atomic E-state index is 13.6. The highest BCUT2D eigenvalue weighted by molar-refractivity contribution is 8.00. The van der Waals surface area contributed by atoms with E-state index in [0.29, 0.717) is 40.6 Å². The lowest BCUT2D eigenvalue weighted by molar-refractivity contribution is -0.115. The lowest BCUT2D eigenvalue weighted by atomic mass is 10.1. The molecule has 0 spiro atoms. The molecule has 4 rings (SSSR count). The molecule has 0 radical (unpaired) electrons. The number of hydrogen-bond acceptors (Lipinski definition) is 7. The average Bonchev–Trinajstić information content (AvgIpc) is 3.05. The van der Waals surface area contributed by atoms with E-state index in [-0.39, 0.29) is 11.6 Å². The van der Waals surface area contributed by atoms with E-state index in [1.54, 1.807) is 97.9 Å². The molecule has 0 aliphatic carbocycles. The van der Waals surface area contributed by atoms with Gasteiger partial charge < -0.3 is 30.2 Å². The van der Waals surface area contributed by atoms with Crippen LogP contribution in [0, 0.1) is 0 Å². The van der Waals surface area contributed by atoms with E-state index in [1.807, 2.05) is 13.0 Å². The van der Waals surface area contributed by atoms with Crippen LogP contribution in [0.25, 0.3) is 6.08 Å². The first-order chi connectivity index (χ1) is 21.8. The smallest absolute Gasteiger partial charge is 0.272 e. The highest BCUT2D eigenvalue weighted by Crippen LogP contribution is 2.29. The number of thioether (sulfide) groups is 1. The van der Waals surface area contributed by atoms with Crippen LogP contribution in [0.4, 0.5) is 11.4 Å². The summed E-state index contributed by atoms with van der Waals surface area (Å²) in [4.78, 5) is 40.3. The van der Waals surface area contributed by atoms with Crippen molar-refractivity contribution in [3.05, 3.63) is 114 Å². The Morgan fingerprint density at radius 2 is 1.53 bits per heavy atom. The topological polar surface area (TPSA) is 115 Å². The van der Waals surface area contributed by atoms with Gasteiger partial charge in [-0.15, -0.1) is 11.8 Å². The van der Waals surface area contributed by atoms with Crippen molar-refractivity contribution in [3.8, 4) is 17.2 Å². The van der Waals surface area contributed by atoms with Crippen LogP contribution >= 0.6 is 11.8 Å². The van der Waals surface area contributed by atoms with Crippen molar-refractivity contribution in [1.29, 1.82) is 0 Å². The number of methoxy groups -OCH3 is 2. The number of benzene rings is 4. The highest BCUT2D eigenvalue weighted by atomic mass is 32.2. The zero-order chi connectivity index (χ0) is 32.2. The molecule has 10 heteroatoms. The quantitative estimate of drug-likeness (QED) is 0.113. The van der Waals surface area contributed by atoms with E-state index in [4.69, 9.17) is 14.2 Å². The van der Waals surface area contributed by atoms with Gasteiger partial charge in [-0.3, -0.25) is 14.4 Å². The molecule has 3 amide bonds. The summed E-state index contributed by atoms with van der Waals surface area (Å²) < 4.78 is 16.3. The SMILES string of the molecule is CCOc1ccc(NC(=O)C(C)Sc2cccc(NC(=O)/C(=C\c3cc(OC)ccc3OC)NC(=O)c3ccccc3)c2)cc1. The minimum atomic E-state index is -0.549. The van der Waals surface area contributed by atoms with E-state index < -0.39 is 17.1 Å². The van der Waals surface area contributed by atoms with Crippen LogP contribution < -0.4 is 30.2 Å². The zero-order valence-corrected chi connectivity index (χ0v) is 26.3. The molecule has 0 aromatic heterocycles. The van der Waals surface area contributed by atoms with E-state index in [0.717, 1.165) is 10.6 Å². The predicted octanol–water partition coefficient (Wildman–Crippen LogP) is 6.63. The molecule has 0 aliphatic rings. The van der Waals surface area contributed by atoms with Gasteiger partial charge in [0.2, 0.25) is 5.91 Å². The lowest BCUT2D eigenvalue weighted by Gasteiger charge is -2.15. The van der Waals surface area contributed by atoms with Crippen LogP contribution in [-0.2, 0) is 9.59 Å². The van der Waals surface area contributed by atoms with E-state index in [9.17, 15) is 14.4 Å². The predicted molar refractivity (Wildman–Crippen MR) is 178 cm³/mol. The molecular weight excluding hydrogens is 590 g/mol. The van der Waals surface area contributed by atoms with Gasteiger partial charge in [0.1, 0.15) is 22.9 Å². The molecule has 0 saturated carbocycles. The Hall–Kier alpha value is -5.22. The molecule has 232 valence electrons. The number of rotatable bonds is 13. The van der Waals surface area contributed by atoms with Gasteiger partial charge >= 0.3 is 0 Å². The standard InChI is InChI=1S/C35H35N3O6S/c1-5-44-28-16-14-26(15-17-28)36-33(39)23(2)45-30-13-9-12-27(22-30)37-35(41)31(38-34(40)24-10-7-6-8-11-24)21-25-20-29(42-3)18-19-32(25)43-4/h6-23H,5H2,1-4H3,(H,36,39)(H,37,41)(H,38,40)/b31-21+. The van der Waals surface area contributed by atoms with Crippen molar-refractivity contribution >= 4 is 46.9 Å². The summed E-state index contributed by atoms with van der Waals surface area (Å²) in [6.45, 7) is 4.28. The molecule has 1 unspecified atom stereocenters. The van der Waals surface area contributed by atoms with Crippen LogP contribution in [-0.4, -0.2) is 43.8 Å². The van der Waals surface area contributed by atoms with Crippen molar-refractivity contribution in [3.63, 3.8) is 0 Å². The monoisotopic (exact) mass is 625 g/mol. The molecule has 4 aromatic rings. The summed E-state index contributed by atoms with van der Waals surface area (Å²) in [5.74, 6) is 0.618. The van der Waals surface area contributed by atoms with Crippen LogP contribution in [0.5, 0.6) is 17.2 Å². The van der Waals surface area contributed by atoms with Crippen molar-refractivity contribution in [2.45, 2.75) is 24.0 Å². The van der Waals surface area contributed by atoms with Crippen LogP contribution in [0.15, 0.2) is 108 Å². The van der Waals surface area contributed by atoms with Gasteiger partial charge in [-0.25, -0.2) is 0 Å². The largest absolute Gasteiger partial charge is 0.497 e. The number of nitrogens with one attached hydrogen (secondary N) is 3. The molecule has 3 N–H and O–H groups in total. The molecule has 0 bridgehead atoms. The van der Waals surface area contributed by atoms with Crippen molar-refractivity contribution < 1.29 is 28.6 Å². The molecule has 45 heavy (non-hydrogen) atoms. The molecule has 9 nitrogen and oxygen atoms in total. The number of anilines is 2. The summed E-state index contributed by atoms with van der Waals surface area (Å²) in [6, 6.07) is 28.1.